The van der Waals surface area contributed by atoms with Gasteiger partial charge in [0.1, 0.15) is 54.1 Å². The van der Waals surface area contributed by atoms with Crippen LogP contribution in [0.5, 0.6) is 5.75 Å². The van der Waals surface area contributed by atoms with Crippen LogP contribution in [0, 0.1) is 11.8 Å². The number of nitrogens with zero attached hydrogens (tertiary/aromatic N) is 2. The first-order valence-corrected chi connectivity index (χ1v) is 24.5. The monoisotopic (exact) mass is 1070 g/mol. The predicted molar refractivity (Wildman–Crippen MR) is 264 cm³/mol. The summed E-state index contributed by atoms with van der Waals surface area (Å²) in [6.45, 7) is 7.61. The lowest BCUT2D eigenvalue weighted by Crippen LogP contribution is -2.60. The number of likely N-dealkylation sites (tertiary alicyclic amines) is 1. The number of amides is 8. The van der Waals surface area contributed by atoms with Crippen molar-refractivity contribution in [1.29, 1.82) is 0 Å². The number of nitrogens with two attached hydrogens (primary N) is 1. The Morgan fingerprint density at radius 2 is 1.21 bits per heavy atom. The highest BCUT2D eigenvalue weighted by Gasteiger charge is 2.41. The molecule has 0 unspecified atom stereocenters. The van der Waals surface area contributed by atoms with Gasteiger partial charge in [0.25, 0.3) is 0 Å². The molecule has 0 radical (unpaired) electrons. The van der Waals surface area contributed by atoms with Crippen LogP contribution in [0.15, 0.2) is 36.8 Å². The van der Waals surface area contributed by atoms with Gasteiger partial charge in [-0.1, -0.05) is 39.8 Å². The molecule has 0 aliphatic carbocycles. The van der Waals surface area contributed by atoms with Gasteiger partial charge in [-0.2, -0.15) is 0 Å². The number of rotatable bonds is 31. The fourth-order valence-electron chi connectivity index (χ4n) is 7.99. The number of nitrogens with one attached hydrogen (secondary N) is 8. The number of imidazole rings is 1. The van der Waals surface area contributed by atoms with E-state index in [0.29, 0.717) is 11.3 Å². The van der Waals surface area contributed by atoms with Crippen LogP contribution < -0.4 is 43.0 Å². The molecule has 9 atom stereocenters. The molecule has 1 aromatic carbocycles. The van der Waals surface area contributed by atoms with Crippen molar-refractivity contribution in [2.24, 2.45) is 17.6 Å². The quantitative estimate of drug-likeness (QED) is 0.0375. The highest BCUT2D eigenvalue weighted by molar-refractivity contribution is 5.99. The summed E-state index contributed by atoms with van der Waals surface area (Å²) in [7, 11) is 0. The number of phenols is 1. The van der Waals surface area contributed by atoms with Crippen LogP contribution in [0.4, 0.5) is 0 Å². The number of carbonyl (C=O) groups is 12. The number of aliphatic carboxylic acids is 4. The normalized spacial score (nSPS) is 16.3. The van der Waals surface area contributed by atoms with Gasteiger partial charge in [-0.3, -0.25) is 52.7 Å². The van der Waals surface area contributed by atoms with Crippen molar-refractivity contribution >= 4 is 71.1 Å². The number of carboxylic acids is 4. The molecule has 76 heavy (non-hydrogen) atoms. The first kappa shape index (κ1) is 62.1. The number of benzene rings is 1. The van der Waals surface area contributed by atoms with Gasteiger partial charge in [-0.05, 0) is 68.6 Å². The summed E-state index contributed by atoms with van der Waals surface area (Å²) in [5.41, 5.74) is 6.85. The number of hydrogen-bond acceptors (Lipinski definition) is 15. The van der Waals surface area contributed by atoms with Crippen LogP contribution in [-0.2, 0) is 70.4 Å². The largest absolute Gasteiger partial charge is 0.508 e. The van der Waals surface area contributed by atoms with Crippen molar-refractivity contribution in [3.05, 3.63) is 48.0 Å². The molecule has 0 spiro atoms. The Balaban J connectivity index is 1.87. The number of aromatic nitrogens is 2. The van der Waals surface area contributed by atoms with Gasteiger partial charge in [0.15, 0.2) is 0 Å². The van der Waals surface area contributed by atoms with Crippen molar-refractivity contribution in [1.82, 2.24) is 52.1 Å². The van der Waals surface area contributed by atoms with E-state index < -0.39 is 164 Å². The molecule has 1 aromatic heterocycles. The lowest BCUT2D eigenvalue weighted by molar-refractivity contribution is -0.145. The fraction of sp³-hybridized carbons (Fsp3) is 0.562. The van der Waals surface area contributed by atoms with E-state index in [1.807, 2.05) is 0 Å². The number of carbonyl (C=O) groups excluding carboxylic acids is 8. The summed E-state index contributed by atoms with van der Waals surface area (Å²) in [5, 5.41) is 65.1. The van der Waals surface area contributed by atoms with E-state index in [2.05, 4.69) is 47.2 Å². The zero-order chi connectivity index (χ0) is 57.0. The summed E-state index contributed by atoms with van der Waals surface area (Å²) >= 11 is 0. The van der Waals surface area contributed by atoms with Gasteiger partial charge in [0.2, 0.25) is 47.3 Å². The van der Waals surface area contributed by atoms with E-state index in [-0.39, 0.29) is 50.3 Å². The van der Waals surface area contributed by atoms with Crippen LogP contribution in [0.2, 0.25) is 0 Å². The van der Waals surface area contributed by atoms with Crippen LogP contribution in [0.3, 0.4) is 0 Å². The van der Waals surface area contributed by atoms with Crippen molar-refractivity contribution in [2.45, 2.75) is 153 Å². The summed E-state index contributed by atoms with van der Waals surface area (Å²) < 4.78 is 0. The van der Waals surface area contributed by atoms with Gasteiger partial charge in [0.05, 0.1) is 18.8 Å². The molecule has 28 nitrogen and oxygen atoms in total. The highest BCUT2D eigenvalue weighted by Crippen LogP contribution is 2.21. The molecular formula is C48H69N11O17. The van der Waals surface area contributed by atoms with Gasteiger partial charge in [-0.25, -0.2) is 9.78 Å². The molecule has 3 rings (SSSR count). The lowest BCUT2D eigenvalue weighted by Gasteiger charge is -2.30. The van der Waals surface area contributed by atoms with Gasteiger partial charge < -0.3 is 78.4 Å². The SMILES string of the molecule is CC(C)C[C@H](NC(=O)[C@H](Cc1ccc(O)cc1)NC(=O)[C@H](CC(=O)O)NC(=O)[C@@H]1CCCN1C(=O)[C@H](CCC(=O)O)NC(=O)[C@H](C)NC(=O)[C@@H](N)Cc1cnc[nH]1)C(=O)N[C@@H](CCC(=O)O)C(=O)N[C@H](C(=O)O)C(C)C. The lowest BCUT2D eigenvalue weighted by atomic mass is 9.99. The second-order valence-corrected chi connectivity index (χ2v) is 19.1. The van der Waals surface area contributed by atoms with Crippen molar-refractivity contribution in [3.63, 3.8) is 0 Å². The van der Waals surface area contributed by atoms with Gasteiger partial charge >= 0.3 is 23.9 Å². The molecule has 0 saturated carbocycles. The highest BCUT2D eigenvalue weighted by atomic mass is 16.4. The first-order chi connectivity index (χ1) is 35.7. The van der Waals surface area contributed by atoms with Gasteiger partial charge in [0, 0.05) is 44.1 Å². The third-order valence-electron chi connectivity index (χ3n) is 12.1. The Hall–Kier alpha value is -8.17. The molecule has 15 N–H and O–H groups in total. The van der Waals surface area contributed by atoms with Crippen LogP contribution >= 0.6 is 0 Å². The minimum Gasteiger partial charge on any atom is -0.508 e. The van der Waals surface area contributed by atoms with E-state index in [4.69, 9.17) is 5.73 Å². The molecule has 1 aliphatic heterocycles. The number of aromatic amines is 1. The number of H-pyrrole nitrogens is 1. The standard InChI is InChI=1S/C48H69N11O17/c1-23(2)17-32(43(70)53-30(12-14-36(61)62)42(69)58-39(24(3)4)48(75)76)55-44(71)33(18-26-8-10-28(60)11-9-26)56-45(72)34(20-38(65)66)57-46(73)35-7-6-16-59(35)47(74)31(13-15-37(63)64)54-40(67)25(5)52-41(68)29(49)19-27-21-50-22-51-27/h8-11,21-25,29-35,39,60H,6-7,12-20,49H2,1-5H3,(H,50,51)(H,52,68)(H,53,70)(H,54,67)(H,55,71)(H,56,72)(H,57,73)(H,58,69)(H,61,62)(H,63,64)(H,65,66)(H,75,76)/t25-,29-,30-,31-,32-,33-,34-,35-,39-/m0/s1. The maximum atomic E-state index is 14.3. The third kappa shape index (κ3) is 20.3. The molecule has 418 valence electrons. The summed E-state index contributed by atoms with van der Waals surface area (Å²) in [6.07, 6.45) is -0.614. The van der Waals surface area contributed by atoms with Crippen LogP contribution in [0.25, 0.3) is 0 Å². The first-order valence-electron chi connectivity index (χ1n) is 24.5. The zero-order valence-electron chi connectivity index (χ0n) is 42.7. The third-order valence-corrected chi connectivity index (χ3v) is 12.1. The molecule has 1 fully saturated rings. The Morgan fingerprint density at radius 1 is 0.658 bits per heavy atom. The second-order valence-electron chi connectivity index (χ2n) is 19.1. The molecule has 1 aliphatic rings. The van der Waals surface area contributed by atoms with E-state index in [1.54, 1.807) is 13.8 Å². The number of aromatic hydroxyl groups is 1. The fourth-order valence-corrected chi connectivity index (χ4v) is 7.99. The Bertz CT molecular complexity index is 2400. The summed E-state index contributed by atoms with van der Waals surface area (Å²) in [6, 6.07) is -8.01. The van der Waals surface area contributed by atoms with E-state index in [9.17, 15) is 83.1 Å². The Kier molecular flexibility index (Phi) is 24.2. The van der Waals surface area contributed by atoms with E-state index in [0.717, 1.165) is 4.90 Å². The minimum atomic E-state index is -1.92. The average Bonchev–Trinajstić information content (AvgIpc) is 4.05. The molecule has 1 saturated heterocycles. The number of hydrogen-bond donors (Lipinski definition) is 14. The van der Waals surface area contributed by atoms with Crippen LogP contribution in [-0.4, -0.2) is 172 Å². The van der Waals surface area contributed by atoms with Crippen molar-refractivity contribution in [2.75, 3.05) is 6.54 Å². The molecule has 0 bridgehead atoms. The van der Waals surface area contributed by atoms with E-state index in [1.165, 1.54) is 57.6 Å². The van der Waals surface area contributed by atoms with Crippen molar-refractivity contribution < 1.29 is 83.1 Å². The van der Waals surface area contributed by atoms with Crippen molar-refractivity contribution in [3.8, 4) is 5.75 Å². The average molecular weight is 1070 g/mol. The number of carboxylic acid groups (broad SMARTS) is 4. The summed E-state index contributed by atoms with van der Waals surface area (Å²) in [5.74, 6) is -14.5. The maximum absolute atomic E-state index is 14.3. The smallest absolute Gasteiger partial charge is 0.326 e. The van der Waals surface area contributed by atoms with Crippen LogP contribution in [0.1, 0.15) is 97.2 Å². The molecule has 2 heterocycles. The Morgan fingerprint density at radius 3 is 1.76 bits per heavy atom. The topological polar surface area (TPSA) is 448 Å². The molecule has 8 amide bonds. The molecular weight excluding hydrogens is 1000 g/mol. The Labute approximate surface area is 436 Å². The predicted octanol–water partition coefficient (Wildman–Crippen LogP) is -2.38. The zero-order valence-corrected chi connectivity index (χ0v) is 42.7. The number of phenolic OH excluding ortho intramolecular Hbond substituents is 1. The molecule has 28 heteroatoms. The summed E-state index contributed by atoms with van der Waals surface area (Å²) in [4.78, 5) is 165. The minimum absolute atomic E-state index is 0.0266. The second kappa shape index (κ2) is 29.7. The van der Waals surface area contributed by atoms with Gasteiger partial charge in [-0.15, -0.1) is 0 Å². The maximum Gasteiger partial charge on any atom is 0.326 e. The van der Waals surface area contributed by atoms with E-state index >= 15 is 0 Å². The molecule has 2 aromatic rings.